The second-order valence-electron chi connectivity index (χ2n) is 7.42. The summed E-state index contributed by atoms with van der Waals surface area (Å²) >= 11 is 0. The summed E-state index contributed by atoms with van der Waals surface area (Å²) in [7, 11) is -1.89. The van der Waals surface area contributed by atoms with Crippen LogP contribution < -0.4 is 10.0 Å². The Labute approximate surface area is 209 Å². The van der Waals surface area contributed by atoms with E-state index in [9.17, 15) is 13.4 Å². The molecule has 1 aromatic carbocycles. The predicted octanol–water partition coefficient (Wildman–Crippen LogP) is 4.70. The van der Waals surface area contributed by atoms with Gasteiger partial charge in [0.25, 0.3) is 0 Å². The van der Waals surface area contributed by atoms with Gasteiger partial charge in [-0.15, -0.1) is 0 Å². The van der Waals surface area contributed by atoms with E-state index in [-0.39, 0.29) is 40.9 Å². The molecule has 2 N–H and O–H groups in total. The fourth-order valence-electron chi connectivity index (χ4n) is 3.23. The maximum Gasteiger partial charge on any atom is 0.159 e. The van der Waals surface area contributed by atoms with E-state index >= 15 is 4.39 Å². The van der Waals surface area contributed by atoms with Gasteiger partial charge in [0.2, 0.25) is 0 Å². The van der Waals surface area contributed by atoms with Gasteiger partial charge in [0, 0.05) is 31.2 Å². The van der Waals surface area contributed by atoms with Gasteiger partial charge >= 0.3 is 0 Å². The number of carbonyl (C=O) groups excluding carboxylic acids is 1. The smallest absolute Gasteiger partial charge is 0.159 e. The summed E-state index contributed by atoms with van der Waals surface area (Å²) in [6, 6.07) is 5.31. The number of benzene rings is 1. The molecule has 0 amide bonds. The van der Waals surface area contributed by atoms with Crippen molar-refractivity contribution in [3.63, 3.8) is 0 Å². The number of nitrogens with zero attached hydrogens (tertiary/aromatic N) is 4. The standard InChI is InChI=1S/C24H22F2N6O2S.CH4/c1-6-32-13-19(29-12-20(32)14(2)15(3)33)22-17(25)7-8-18(23(22)26)31-35(5,34)21-9-16(10-27)11-30-24(21)28-4;/h6-9,11-13H,1,5H2,2-4H3,(H,28,30)(H,31,34);1H4/b20-14+;. The molecule has 2 heterocycles. The van der Waals surface area contributed by atoms with Crippen LogP contribution in [0.15, 0.2) is 64.5 Å². The zero-order valence-corrected chi connectivity index (χ0v) is 20.0. The van der Waals surface area contributed by atoms with Crippen molar-refractivity contribution in [2.75, 3.05) is 17.1 Å². The Bertz CT molecular complexity index is 1470. The van der Waals surface area contributed by atoms with Crippen LogP contribution in [-0.2, 0) is 14.5 Å². The number of nitrogens with one attached hydrogen (secondary N) is 2. The first kappa shape index (κ1) is 27.9. The molecule has 1 aliphatic heterocycles. The van der Waals surface area contributed by atoms with E-state index in [0.29, 0.717) is 11.3 Å². The average molecular weight is 513 g/mol. The van der Waals surface area contributed by atoms with Crippen molar-refractivity contribution >= 4 is 44.8 Å². The van der Waals surface area contributed by atoms with Gasteiger partial charge < -0.3 is 14.9 Å². The number of carbonyl (C=O) groups is 1. The first-order valence-corrected chi connectivity index (χ1v) is 11.9. The topological polar surface area (TPSA) is 110 Å². The molecule has 0 spiro atoms. The number of hydrogen-bond donors (Lipinski definition) is 2. The summed E-state index contributed by atoms with van der Waals surface area (Å²) in [5.41, 5.74) is 0.0813. The van der Waals surface area contributed by atoms with E-state index in [4.69, 9.17) is 5.26 Å². The molecule has 1 aliphatic rings. The molecule has 0 bridgehead atoms. The van der Waals surface area contributed by atoms with Crippen molar-refractivity contribution < 1.29 is 17.8 Å². The number of anilines is 2. The molecule has 188 valence electrons. The number of ketones is 1. The van der Waals surface area contributed by atoms with Gasteiger partial charge in [0.15, 0.2) is 11.6 Å². The molecule has 8 nitrogen and oxygen atoms in total. The third kappa shape index (κ3) is 5.34. The number of aliphatic imine (C=N–C) groups is 1. The quantitative estimate of drug-likeness (QED) is 0.411. The van der Waals surface area contributed by atoms with E-state index in [2.05, 4.69) is 32.5 Å². The maximum absolute atomic E-state index is 15.5. The highest BCUT2D eigenvalue weighted by Crippen LogP contribution is 2.33. The minimum atomic E-state index is -3.43. The van der Waals surface area contributed by atoms with Crippen molar-refractivity contribution in [1.29, 1.82) is 5.26 Å². The summed E-state index contributed by atoms with van der Waals surface area (Å²) < 4.78 is 46.3. The minimum Gasteiger partial charge on any atom is -0.372 e. The van der Waals surface area contributed by atoms with E-state index < -0.39 is 26.9 Å². The molecule has 1 atom stereocenters. The summed E-state index contributed by atoms with van der Waals surface area (Å²) in [6.07, 6.45) is 5.31. The third-order valence-corrected chi connectivity index (χ3v) is 6.74. The lowest BCUT2D eigenvalue weighted by Gasteiger charge is -2.24. The number of Topliss-reactive ketones (excluding diaryl/α,β-unsaturated/α-hetero) is 1. The predicted molar refractivity (Wildman–Crippen MR) is 141 cm³/mol. The molecule has 1 unspecified atom stereocenters. The van der Waals surface area contributed by atoms with E-state index in [1.807, 2.05) is 6.07 Å². The molecule has 3 rings (SSSR count). The number of pyridine rings is 1. The average Bonchev–Trinajstić information content (AvgIpc) is 2.84. The summed E-state index contributed by atoms with van der Waals surface area (Å²) in [5, 5.41) is 11.9. The highest BCUT2D eigenvalue weighted by molar-refractivity contribution is 8.01. The Morgan fingerprint density at radius 2 is 2.00 bits per heavy atom. The van der Waals surface area contributed by atoms with Crippen molar-refractivity contribution in [3.05, 3.63) is 77.4 Å². The largest absolute Gasteiger partial charge is 0.372 e. The Kier molecular flexibility index (Phi) is 8.51. The highest BCUT2D eigenvalue weighted by atomic mass is 32.2. The van der Waals surface area contributed by atoms with Gasteiger partial charge in [-0.05, 0) is 37.9 Å². The van der Waals surface area contributed by atoms with Crippen molar-refractivity contribution in [3.8, 4) is 6.07 Å². The lowest BCUT2D eigenvalue weighted by Crippen LogP contribution is -2.19. The van der Waals surface area contributed by atoms with E-state index in [0.717, 1.165) is 12.1 Å². The van der Waals surface area contributed by atoms with Crippen LogP contribution in [0.3, 0.4) is 0 Å². The monoisotopic (exact) mass is 512 g/mol. The SMILES string of the molecule is C.C=CN1C=C(c2c(F)ccc(NS(=C)(=O)c3cc(C#N)cnc3NC)c2F)N=C/C1=C(/C)C(C)=O. The normalized spacial score (nSPS) is 15.6. The van der Waals surface area contributed by atoms with Gasteiger partial charge in [0.1, 0.15) is 17.7 Å². The van der Waals surface area contributed by atoms with Crippen LogP contribution in [0.25, 0.3) is 5.70 Å². The molecule has 0 radical (unpaired) electrons. The van der Waals surface area contributed by atoms with Crippen LogP contribution in [0, 0.1) is 23.0 Å². The minimum absolute atomic E-state index is 0. The molecule has 2 aromatic rings. The van der Waals surface area contributed by atoms with Gasteiger partial charge in [0.05, 0.1) is 49.0 Å². The maximum atomic E-state index is 15.5. The molecule has 0 saturated heterocycles. The van der Waals surface area contributed by atoms with Crippen LogP contribution >= 0.6 is 0 Å². The highest BCUT2D eigenvalue weighted by Gasteiger charge is 2.24. The molecular weight excluding hydrogens is 486 g/mol. The van der Waals surface area contributed by atoms with Crippen molar-refractivity contribution in [2.24, 2.45) is 4.99 Å². The Balaban J connectivity index is 0.00000456. The van der Waals surface area contributed by atoms with E-state index in [1.54, 1.807) is 14.0 Å². The molecule has 11 heteroatoms. The molecule has 0 aliphatic carbocycles. The first-order chi connectivity index (χ1) is 16.5. The van der Waals surface area contributed by atoms with E-state index in [1.165, 1.54) is 42.7 Å². The van der Waals surface area contributed by atoms with Crippen LogP contribution in [0.4, 0.5) is 20.3 Å². The number of rotatable bonds is 7. The number of halogens is 2. The zero-order chi connectivity index (χ0) is 25.9. The first-order valence-electron chi connectivity index (χ1n) is 10.1. The molecular formula is C25H26F2N6O2S. The third-order valence-electron chi connectivity index (χ3n) is 5.17. The van der Waals surface area contributed by atoms with Crippen LogP contribution in [0.5, 0.6) is 0 Å². The fraction of sp³-hybridized carbons (Fsp3) is 0.160. The zero-order valence-electron chi connectivity index (χ0n) is 19.2. The van der Waals surface area contributed by atoms with Crippen molar-refractivity contribution in [1.82, 2.24) is 9.88 Å². The fourth-order valence-corrected chi connectivity index (χ4v) is 4.63. The van der Waals surface area contributed by atoms with Crippen LogP contribution in [0.1, 0.15) is 32.4 Å². The summed E-state index contributed by atoms with van der Waals surface area (Å²) in [4.78, 5) is 21.4. The lowest BCUT2D eigenvalue weighted by molar-refractivity contribution is -0.113. The summed E-state index contributed by atoms with van der Waals surface area (Å²) in [6.45, 7) is 6.67. The Morgan fingerprint density at radius 1 is 1.31 bits per heavy atom. The van der Waals surface area contributed by atoms with Gasteiger partial charge in [-0.1, -0.05) is 14.0 Å². The van der Waals surface area contributed by atoms with Gasteiger partial charge in [-0.3, -0.25) is 9.79 Å². The molecule has 36 heavy (non-hydrogen) atoms. The Morgan fingerprint density at radius 3 is 2.58 bits per heavy atom. The van der Waals surface area contributed by atoms with Gasteiger partial charge in [-0.2, -0.15) is 5.26 Å². The summed E-state index contributed by atoms with van der Waals surface area (Å²) in [5.74, 6) is 1.68. The Hall–Kier alpha value is -4.30. The van der Waals surface area contributed by atoms with Crippen LogP contribution in [0.2, 0.25) is 0 Å². The number of allylic oxidation sites excluding steroid dienone is 2. The molecule has 0 fully saturated rings. The number of hydrogen-bond acceptors (Lipinski definition) is 7. The molecule has 0 saturated carbocycles. The van der Waals surface area contributed by atoms with Crippen LogP contribution in [-0.4, -0.2) is 39.0 Å². The second-order valence-corrected chi connectivity index (χ2v) is 9.42. The number of aromatic nitrogens is 1. The number of nitriles is 1. The van der Waals surface area contributed by atoms with Crippen molar-refractivity contribution in [2.45, 2.75) is 26.2 Å². The lowest BCUT2D eigenvalue weighted by atomic mass is 10.1. The second kappa shape index (κ2) is 11.0. The molecule has 1 aromatic heterocycles. The van der Waals surface area contributed by atoms with Gasteiger partial charge in [-0.25, -0.2) is 18.0 Å².